The lowest BCUT2D eigenvalue weighted by Gasteiger charge is -2.13. The molecule has 0 radical (unpaired) electrons. The first kappa shape index (κ1) is 14.1. The van der Waals surface area contributed by atoms with E-state index in [-0.39, 0.29) is 5.91 Å². The zero-order valence-corrected chi connectivity index (χ0v) is 11.9. The van der Waals surface area contributed by atoms with Crippen LogP contribution in [0.2, 0.25) is 0 Å². The molecule has 0 spiro atoms. The van der Waals surface area contributed by atoms with Crippen molar-refractivity contribution in [2.75, 3.05) is 10.7 Å². The first-order chi connectivity index (χ1) is 9.52. The average molecular weight is 269 g/mol. The number of para-hydroxylation sites is 1. The van der Waals surface area contributed by atoms with Gasteiger partial charge in [-0.15, -0.1) is 0 Å². The van der Waals surface area contributed by atoms with Crippen LogP contribution in [0.5, 0.6) is 0 Å². The number of hydrazine groups is 1. The van der Waals surface area contributed by atoms with Gasteiger partial charge in [0.25, 0.3) is 5.91 Å². The standard InChI is InChI=1S/C16H19N3O/c1-10-5-4-6-11(2)15(10)18-16(20)14-8-7-13(19-17)9-12(14)3/h4-9,19H,17H2,1-3H3,(H,18,20). The van der Waals surface area contributed by atoms with E-state index in [9.17, 15) is 4.79 Å². The van der Waals surface area contributed by atoms with Crippen LogP contribution in [0.15, 0.2) is 36.4 Å². The summed E-state index contributed by atoms with van der Waals surface area (Å²) in [5.41, 5.74) is 7.85. The third-order valence-corrected chi connectivity index (χ3v) is 3.36. The Balaban J connectivity index is 2.29. The van der Waals surface area contributed by atoms with E-state index in [4.69, 9.17) is 5.84 Å². The third kappa shape index (κ3) is 2.81. The summed E-state index contributed by atoms with van der Waals surface area (Å²) in [6, 6.07) is 11.3. The second-order valence-electron chi connectivity index (χ2n) is 4.89. The smallest absolute Gasteiger partial charge is 0.255 e. The van der Waals surface area contributed by atoms with Crippen molar-refractivity contribution >= 4 is 17.3 Å². The second kappa shape index (κ2) is 5.75. The number of nitrogens with two attached hydrogens (primary N) is 1. The van der Waals surface area contributed by atoms with Gasteiger partial charge in [0, 0.05) is 16.9 Å². The zero-order valence-electron chi connectivity index (χ0n) is 11.9. The van der Waals surface area contributed by atoms with Crippen LogP contribution in [-0.2, 0) is 0 Å². The highest BCUT2D eigenvalue weighted by Crippen LogP contribution is 2.21. The Morgan fingerprint density at radius 3 is 2.20 bits per heavy atom. The molecule has 4 nitrogen and oxygen atoms in total. The number of anilines is 2. The van der Waals surface area contributed by atoms with E-state index < -0.39 is 0 Å². The molecule has 0 bridgehead atoms. The molecule has 0 aliphatic heterocycles. The summed E-state index contributed by atoms with van der Waals surface area (Å²) in [5, 5.41) is 2.98. The zero-order chi connectivity index (χ0) is 14.7. The fourth-order valence-electron chi connectivity index (χ4n) is 2.20. The number of hydrogen-bond acceptors (Lipinski definition) is 3. The number of carbonyl (C=O) groups is 1. The lowest BCUT2D eigenvalue weighted by molar-refractivity contribution is 0.102. The van der Waals surface area contributed by atoms with Gasteiger partial charge in [-0.2, -0.15) is 0 Å². The number of aryl methyl sites for hydroxylation is 3. The minimum Gasteiger partial charge on any atom is -0.324 e. The predicted octanol–water partition coefficient (Wildman–Crippen LogP) is 3.15. The number of nitrogens with one attached hydrogen (secondary N) is 2. The highest BCUT2D eigenvalue weighted by molar-refractivity contribution is 6.06. The van der Waals surface area contributed by atoms with Gasteiger partial charge in [0.1, 0.15) is 0 Å². The van der Waals surface area contributed by atoms with Gasteiger partial charge in [-0.3, -0.25) is 10.6 Å². The Kier molecular flexibility index (Phi) is 4.05. The minimum atomic E-state index is -0.108. The highest BCUT2D eigenvalue weighted by Gasteiger charge is 2.12. The maximum Gasteiger partial charge on any atom is 0.255 e. The number of nitrogen functional groups attached to an aromatic ring is 1. The molecule has 1 amide bonds. The maximum absolute atomic E-state index is 12.4. The van der Waals surface area contributed by atoms with Gasteiger partial charge in [0.15, 0.2) is 0 Å². The maximum atomic E-state index is 12.4. The molecule has 0 unspecified atom stereocenters. The lowest BCUT2D eigenvalue weighted by atomic mass is 10.1. The van der Waals surface area contributed by atoms with Gasteiger partial charge in [-0.05, 0) is 55.7 Å². The van der Waals surface area contributed by atoms with Crippen molar-refractivity contribution in [2.24, 2.45) is 5.84 Å². The van der Waals surface area contributed by atoms with Crippen molar-refractivity contribution in [3.8, 4) is 0 Å². The molecule has 2 rings (SSSR count). The van der Waals surface area contributed by atoms with Gasteiger partial charge in [-0.1, -0.05) is 18.2 Å². The molecule has 0 aliphatic carbocycles. The van der Waals surface area contributed by atoms with Gasteiger partial charge in [-0.25, -0.2) is 0 Å². The van der Waals surface area contributed by atoms with Crippen LogP contribution < -0.4 is 16.6 Å². The van der Waals surface area contributed by atoms with Crippen molar-refractivity contribution in [3.63, 3.8) is 0 Å². The third-order valence-electron chi connectivity index (χ3n) is 3.36. The Labute approximate surface area is 119 Å². The van der Waals surface area contributed by atoms with Gasteiger partial charge in [0.2, 0.25) is 0 Å². The van der Waals surface area contributed by atoms with Crippen LogP contribution >= 0.6 is 0 Å². The highest BCUT2D eigenvalue weighted by atomic mass is 16.1. The molecule has 2 aromatic carbocycles. The molecule has 0 atom stereocenters. The molecule has 0 saturated carbocycles. The molecule has 20 heavy (non-hydrogen) atoms. The summed E-state index contributed by atoms with van der Waals surface area (Å²) in [4.78, 5) is 12.4. The van der Waals surface area contributed by atoms with Crippen molar-refractivity contribution in [1.29, 1.82) is 0 Å². The van der Waals surface area contributed by atoms with Crippen LogP contribution in [0, 0.1) is 20.8 Å². The van der Waals surface area contributed by atoms with Gasteiger partial charge in [0.05, 0.1) is 0 Å². The van der Waals surface area contributed by atoms with E-state index in [2.05, 4.69) is 10.7 Å². The summed E-state index contributed by atoms with van der Waals surface area (Å²) in [7, 11) is 0. The first-order valence-electron chi connectivity index (χ1n) is 6.47. The van der Waals surface area contributed by atoms with E-state index in [1.165, 1.54) is 0 Å². The van der Waals surface area contributed by atoms with E-state index in [1.54, 1.807) is 12.1 Å². The Morgan fingerprint density at radius 1 is 1.00 bits per heavy atom. The largest absolute Gasteiger partial charge is 0.324 e. The number of amides is 1. The fraction of sp³-hybridized carbons (Fsp3) is 0.188. The fourth-order valence-corrected chi connectivity index (χ4v) is 2.20. The Bertz CT molecular complexity index is 630. The monoisotopic (exact) mass is 269 g/mol. The number of carbonyl (C=O) groups excluding carboxylic acids is 1. The van der Waals surface area contributed by atoms with E-state index in [1.807, 2.05) is 45.0 Å². The molecule has 0 fully saturated rings. The minimum absolute atomic E-state index is 0.108. The van der Waals surface area contributed by atoms with Crippen molar-refractivity contribution in [1.82, 2.24) is 0 Å². The molecule has 4 N–H and O–H groups in total. The quantitative estimate of drug-likeness (QED) is 0.592. The summed E-state index contributed by atoms with van der Waals surface area (Å²) >= 11 is 0. The van der Waals surface area contributed by atoms with Crippen LogP contribution in [0.1, 0.15) is 27.0 Å². The summed E-state index contributed by atoms with van der Waals surface area (Å²) < 4.78 is 0. The molecule has 0 saturated heterocycles. The van der Waals surface area contributed by atoms with Crippen molar-refractivity contribution in [3.05, 3.63) is 58.7 Å². The molecule has 0 aromatic heterocycles. The van der Waals surface area contributed by atoms with Gasteiger partial charge < -0.3 is 10.7 Å². The molecule has 0 aliphatic rings. The van der Waals surface area contributed by atoms with Crippen LogP contribution in [0.25, 0.3) is 0 Å². The van der Waals surface area contributed by atoms with Crippen LogP contribution in [0.4, 0.5) is 11.4 Å². The molecule has 2 aromatic rings. The van der Waals surface area contributed by atoms with E-state index >= 15 is 0 Å². The summed E-state index contributed by atoms with van der Waals surface area (Å²) in [6.45, 7) is 5.86. The molecule has 4 heteroatoms. The molecular formula is C16H19N3O. The van der Waals surface area contributed by atoms with E-state index in [0.717, 1.165) is 28.1 Å². The first-order valence-corrected chi connectivity index (χ1v) is 6.47. The molecular weight excluding hydrogens is 250 g/mol. The predicted molar refractivity (Wildman–Crippen MR) is 82.9 cm³/mol. The summed E-state index contributed by atoms with van der Waals surface area (Å²) in [6.07, 6.45) is 0. The van der Waals surface area contributed by atoms with Crippen LogP contribution in [-0.4, -0.2) is 5.91 Å². The normalized spacial score (nSPS) is 10.2. The average Bonchev–Trinajstić information content (AvgIpc) is 2.42. The molecule has 0 heterocycles. The number of rotatable bonds is 3. The van der Waals surface area contributed by atoms with Crippen molar-refractivity contribution in [2.45, 2.75) is 20.8 Å². The number of benzene rings is 2. The van der Waals surface area contributed by atoms with Gasteiger partial charge >= 0.3 is 0 Å². The molecule has 104 valence electrons. The topological polar surface area (TPSA) is 67.1 Å². The summed E-state index contributed by atoms with van der Waals surface area (Å²) in [5.74, 6) is 5.25. The SMILES string of the molecule is Cc1cc(NN)ccc1C(=O)Nc1c(C)cccc1C. The Hall–Kier alpha value is -2.33. The van der Waals surface area contributed by atoms with E-state index in [0.29, 0.717) is 5.56 Å². The number of hydrogen-bond donors (Lipinski definition) is 3. The second-order valence-corrected chi connectivity index (χ2v) is 4.89. The van der Waals surface area contributed by atoms with Crippen molar-refractivity contribution < 1.29 is 4.79 Å². The lowest BCUT2D eigenvalue weighted by Crippen LogP contribution is -2.15. The van der Waals surface area contributed by atoms with Crippen LogP contribution in [0.3, 0.4) is 0 Å². The Morgan fingerprint density at radius 2 is 1.65 bits per heavy atom.